The van der Waals surface area contributed by atoms with Crippen molar-refractivity contribution >= 4 is 11.9 Å². The van der Waals surface area contributed by atoms with Crippen LogP contribution in [0.15, 0.2) is 24.4 Å². The van der Waals surface area contributed by atoms with Crippen LogP contribution < -0.4 is 5.32 Å². The third-order valence-electron chi connectivity index (χ3n) is 2.21. The molecule has 0 aliphatic rings. The Morgan fingerprint density at radius 1 is 1.37 bits per heavy atom. The zero-order valence-electron chi connectivity index (χ0n) is 11.8. The van der Waals surface area contributed by atoms with E-state index in [9.17, 15) is 9.59 Å². The van der Waals surface area contributed by atoms with Crippen LogP contribution in [0.25, 0.3) is 0 Å². The Labute approximate surface area is 113 Å². The maximum Gasteiger partial charge on any atom is 0.328 e. The second-order valence-corrected chi connectivity index (χ2v) is 5.32. The second-order valence-electron chi connectivity index (χ2n) is 5.32. The fourth-order valence-electron chi connectivity index (χ4n) is 1.41. The highest BCUT2D eigenvalue weighted by Gasteiger charge is 2.22. The number of carbonyl (C=O) groups is 2. The Balaban J connectivity index is 2.46. The standard InChI is InChI=1S/C14H20N2O3/c1-10(13(18)19-14(2,3)4)16-12(17)9-11-7-5-6-8-15-11/h5-8,10H,9H2,1-4H3,(H,16,17)/t10-/m1/s1. The maximum atomic E-state index is 11.7. The Kier molecular flexibility index (Phi) is 5.03. The molecule has 0 aliphatic heterocycles. The predicted molar refractivity (Wildman–Crippen MR) is 71.4 cm³/mol. The number of esters is 1. The molecule has 1 amide bonds. The van der Waals surface area contributed by atoms with Crippen LogP contribution in [-0.2, 0) is 20.7 Å². The minimum absolute atomic E-state index is 0.147. The van der Waals surface area contributed by atoms with Crippen molar-refractivity contribution in [1.82, 2.24) is 10.3 Å². The number of ether oxygens (including phenoxy) is 1. The van der Waals surface area contributed by atoms with Crippen LogP contribution in [0.5, 0.6) is 0 Å². The highest BCUT2D eigenvalue weighted by atomic mass is 16.6. The maximum absolute atomic E-state index is 11.7. The molecule has 0 saturated heterocycles. The minimum atomic E-state index is -0.671. The van der Waals surface area contributed by atoms with Crippen molar-refractivity contribution in [2.75, 3.05) is 0 Å². The first-order valence-corrected chi connectivity index (χ1v) is 6.20. The van der Waals surface area contributed by atoms with Crippen molar-refractivity contribution in [3.8, 4) is 0 Å². The number of aromatic nitrogens is 1. The third kappa shape index (κ3) is 5.99. The smallest absolute Gasteiger partial charge is 0.328 e. The molecule has 1 N–H and O–H groups in total. The number of carbonyl (C=O) groups excluding carboxylic acids is 2. The first-order chi connectivity index (χ1) is 8.78. The van der Waals surface area contributed by atoms with E-state index in [4.69, 9.17) is 4.74 Å². The van der Waals surface area contributed by atoms with E-state index in [-0.39, 0.29) is 12.3 Å². The molecule has 0 aromatic carbocycles. The Morgan fingerprint density at radius 3 is 2.58 bits per heavy atom. The van der Waals surface area contributed by atoms with Gasteiger partial charge in [-0.05, 0) is 39.8 Å². The molecular formula is C14H20N2O3. The van der Waals surface area contributed by atoms with Gasteiger partial charge in [0.2, 0.25) is 5.91 Å². The lowest BCUT2D eigenvalue weighted by Gasteiger charge is -2.22. The number of hydrogen-bond acceptors (Lipinski definition) is 4. The van der Waals surface area contributed by atoms with Gasteiger partial charge in [0.1, 0.15) is 11.6 Å². The third-order valence-corrected chi connectivity index (χ3v) is 2.21. The number of nitrogens with zero attached hydrogens (tertiary/aromatic N) is 1. The topological polar surface area (TPSA) is 68.3 Å². The fraction of sp³-hybridized carbons (Fsp3) is 0.500. The number of amides is 1. The first-order valence-electron chi connectivity index (χ1n) is 6.20. The predicted octanol–water partition coefficient (Wildman–Crippen LogP) is 1.47. The molecule has 0 unspecified atom stereocenters. The zero-order chi connectivity index (χ0) is 14.5. The van der Waals surface area contributed by atoms with Gasteiger partial charge in [0.25, 0.3) is 0 Å². The molecule has 0 saturated carbocycles. The quantitative estimate of drug-likeness (QED) is 0.836. The van der Waals surface area contributed by atoms with Crippen LogP contribution in [0.2, 0.25) is 0 Å². The van der Waals surface area contributed by atoms with E-state index < -0.39 is 17.6 Å². The zero-order valence-corrected chi connectivity index (χ0v) is 11.8. The van der Waals surface area contributed by atoms with Gasteiger partial charge >= 0.3 is 5.97 Å². The van der Waals surface area contributed by atoms with Gasteiger partial charge in [0, 0.05) is 11.9 Å². The van der Waals surface area contributed by atoms with Crippen LogP contribution in [0.4, 0.5) is 0 Å². The summed E-state index contributed by atoms with van der Waals surface area (Å²) in [7, 11) is 0. The van der Waals surface area contributed by atoms with E-state index in [1.54, 1.807) is 46.0 Å². The van der Waals surface area contributed by atoms with Crippen LogP contribution in [0.1, 0.15) is 33.4 Å². The van der Waals surface area contributed by atoms with E-state index in [0.717, 1.165) is 0 Å². The summed E-state index contributed by atoms with van der Waals surface area (Å²) >= 11 is 0. The van der Waals surface area contributed by atoms with Gasteiger partial charge in [0.15, 0.2) is 0 Å². The Morgan fingerprint density at radius 2 is 2.05 bits per heavy atom. The van der Waals surface area contributed by atoms with E-state index in [1.807, 2.05) is 6.07 Å². The normalized spacial score (nSPS) is 12.6. The molecule has 0 bridgehead atoms. The first kappa shape index (κ1) is 15.1. The van der Waals surface area contributed by atoms with Gasteiger partial charge in [-0.2, -0.15) is 0 Å². The summed E-state index contributed by atoms with van der Waals surface area (Å²) in [5.74, 6) is -0.695. The minimum Gasteiger partial charge on any atom is -0.458 e. The van der Waals surface area contributed by atoms with E-state index in [2.05, 4.69) is 10.3 Å². The average molecular weight is 264 g/mol. The lowest BCUT2D eigenvalue weighted by atomic mass is 10.2. The van der Waals surface area contributed by atoms with Crippen molar-refractivity contribution in [3.05, 3.63) is 30.1 Å². The molecule has 19 heavy (non-hydrogen) atoms. The molecule has 0 radical (unpaired) electrons. The summed E-state index contributed by atoms with van der Waals surface area (Å²) in [5, 5.41) is 2.60. The van der Waals surface area contributed by atoms with Gasteiger partial charge in [0.05, 0.1) is 6.42 Å². The number of rotatable bonds is 4. The van der Waals surface area contributed by atoms with Crippen molar-refractivity contribution in [2.45, 2.75) is 45.8 Å². The average Bonchev–Trinajstić information content (AvgIpc) is 2.27. The Hall–Kier alpha value is -1.91. The molecule has 0 aliphatic carbocycles. The fourth-order valence-corrected chi connectivity index (χ4v) is 1.41. The van der Waals surface area contributed by atoms with Crippen LogP contribution >= 0.6 is 0 Å². The lowest BCUT2D eigenvalue weighted by molar-refractivity contribution is -0.158. The van der Waals surface area contributed by atoms with Crippen molar-refractivity contribution < 1.29 is 14.3 Å². The van der Waals surface area contributed by atoms with E-state index >= 15 is 0 Å². The highest BCUT2D eigenvalue weighted by Crippen LogP contribution is 2.08. The van der Waals surface area contributed by atoms with Gasteiger partial charge in [-0.25, -0.2) is 4.79 Å². The summed E-state index contributed by atoms with van der Waals surface area (Å²) in [5.41, 5.74) is 0.105. The summed E-state index contributed by atoms with van der Waals surface area (Å²) < 4.78 is 5.18. The van der Waals surface area contributed by atoms with Gasteiger partial charge in [-0.1, -0.05) is 6.07 Å². The number of hydrogen-bond donors (Lipinski definition) is 1. The molecule has 0 fully saturated rings. The molecule has 1 atom stereocenters. The van der Waals surface area contributed by atoms with Crippen molar-refractivity contribution in [2.24, 2.45) is 0 Å². The molecule has 5 nitrogen and oxygen atoms in total. The summed E-state index contributed by atoms with van der Waals surface area (Å²) in [4.78, 5) is 27.5. The van der Waals surface area contributed by atoms with Gasteiger partial charge < -0.3 is 10.1 Å². The largest absolute Gasteiger partial charge is 0.458 e. The molecular weight excluding hydrogens is 244 g/mol. The van der Waals surface area contributed by atoms with Crippen LogP contribution in [0.3, 0.4) is 0 Å². The summed E-state index contributed by atoms with van der Waals surface area (Å²) in [6, 6.07) is 4.69. The molecule has 1 rings (SSSR count). The summed E-state index contributed by atoms with van der Waals surface area (Å²) in [6.45, 7) is 6.96. The second kappa shape index (κ2) is 6.31. The van der Waals surface area contributed by atoms with Gasteiger partial charge in [-0.15, -0.1) is 0 Å². The highest BCUT2D eigenvalue weighted by molar-refractivity contribution is 5.85. The van der Waals surface area contributed by atoms with Gasteiger partial charge in [-0.3, -0.25) is 9.78 Å². The number of nitrogens with one attached hydrogen (secondary N) is 1. The van der Waals surface area contributed by atoms with Crippen molar-refractivity contribution in [1.29, 1.82) is 0 Å². The lowest BCUT2D eigenvalue weighted by Crippen LogP contribution is -2.42. The SMILES string of the molecule is C[C@@H](NC(=O)Cc1ccccn1)C(=O)OC(C)(C)C. The number of pyridine rings is 1. The summed E-state index contributed by atoms with van der Waals surface area (Å²) in [6.07, 6.45) is 1.77. The Bertz CT molecular complexity index is 438. The van der Waals surface area contributed by atoms with E-state index in [1.165, 1.54) is 0 Å². The molecule has 5 heteroatoms. The molecule has 1 heterocycles. The van der Waals surface area contributed by atoms with Crippen molar-refractivity contribution in [3.63, 3.8) is 0 Å². The van der Waals surface area contributed by atoms with E-state index in [0.29, 0.717) is 5.69 Å². The monoisotopic (exact) mass is 264 g/mol. The van der Waals surface area contributed by atoms with Crippen LogP contribution in [0, 0.1) is 0 Å². The van der Waals surface area contributed by atoms with Crippen LogP contribution in [-0.4, -0.2) is 28.5 Å². The molecule has 0 spiro atoms. The molecule has 1 aromatic rings. The molecule has 1 aromatic heterocycles. The molecule has 104 valence electrons.